The average Bonchev–Trinajstić information content (AvgIpc) is 2.38. The van der Waals surface area contributed by atoms with Gasteiger partial charge >= 0.3 is 0 Å². The standard InChI is InChI=1S/C19H41N/c1-6-7-8-9-10-11-12-13-14-15-16-17-18(20-5)19(2,3)4/h18,20H,6-17H2,1-5H3. The molecule has 0 radical (unpaired) electrons. The fourth-order valence-electron chi connectivity index (χ4n) is 3.02. The second kappa shape index (κ2) is 12.7. The number of nitrogens with one attached hydrogen (secondary N) is 1. The van der Waals surface area contributed by atoms with Crippen LogP contribution in [-0.2, 0) is 0 Å². The van der Waals surface area contributed by atoms with Gasteiger partial charge in [-0.25, -0.2) is 0 Å². The lowest BCUT2D eigenvalue weighted by atomic mass is 9.83. The molecule has 0 saturated carbocycles. The van der Waals surface area contributed by atoms with E-state index in [0.717, 1.165) is 0 Å². The van der Waals surface area contributed by atoms with Crippen molar-refractivity contribution in [2.45, 2.75) is 111 Å². The SMILES string of the molecule is CCCCCCCCCCCCCC(NC)C(C)(C)C. The van der Waals surface area contributed by atoms with Gasteiger partial charge in [0.25, 0.3) is 0 Å². The van der Waals surface area contributed by atoms with Crippen LogP contribution in [0.5, 0.6) is 0 Å². The minimum atomic E-state index is 0.396. The van der Waals surface area contributed by atoms with Crippen LogP contribution in [0.25, 0.3) is 0 Å². The molecule has 1 atom stereocenters. The first-order valence-electron chi connectivity index (χ1n) is 9.19. The molecule has 0 aliphatic carbocycles. The second-order valence-electron chi connectivity index (χ2n) is 7.53. The van der Waals surface area contributed by atoms with Crippen LogP contribution in [0.1, 0.15) is 105 Å². The molecule has 0 bridgehead atoms. The summed E-state index contributed by atoms with van der Waals surface area (Å²) in [7, 11) is 2.11. The minimum absolute atomic E-state index is 0.396. The Morgan fingerprint density at radius 1 is 0.700 bits per heavy atom. The minimum Gasteiger partial charge on any atom is -0.316 e. The summed E-state index contributed by atoms with van der Waals surface area (Å²) < 4.78 is 0. The van der Waals surface area contributed by atoms with Crippen LogP contribution in [0.4, 0.5) is 0 Å². The van der Waals surface area contributed by atoms with E-state index in [9.17, 15) is 0 Å². The Morgan fingerprint density at radius 2 is 1.10 bits per heavy atom. The van der Waals surface area contributed by atoms with Crippen LogP contribution < -0.4 is 5.32 Å². The molecule has 1 N–H and O–H groups in total. The zero-order valence-corrected chi connectivity index (χ0v) is 15.1. The van der Waals surface area contributed by atoms with E-state index in [4.69, 9.17) is 0 Å². The van der Waals surface area contributed by atoms with Crippen molar-refractivity contribution in [2.75, 3.05) is 7.05 Å². The predicted octanol–water partition coefficient (Wildman–Crippen LogP) is 6.32. The van der Waals surface area contributed by atoms with Crippen molar-refractivity contribution in [3.8, 4) is 0 Å². The zero-order valence-electron chi connectivity index (χ0n) is 15.1. The molecule has 122 valence electrons. The van der Waals surface area contributed by atoms with Gasteiger partial charge in [-0.15, -0.1) is 0 Å². The van der Waals surface area contributed by atoms with Crippen molar-refractivity contribution in [1.82, 2.24) is 5.32 Å². The molecule has 1 heteroatoms. The highest BCUT2D eigenvalue weighted by molar-refractivity contribution is 4.78. The van der Waals surface area contributed by atoms with Crippen molar-refractivity contribution >= 4 is 0 Å². The molecule has 20 heavy (non-hydrogen) atoms. The lowest BCUT2D eigenvalue weighted by molar-refractivity contribution is 0.261. The van der Waals surface area contributed by atoms with Crippen molar-refractivity contribution in [3.05, 3.63) is 0 Å². The molecule has 1 unspecified atom stereocenters. The maximum absolute atomic E-state index is 3.48. The van der Waals surface area contributed by atoms with E-state index in [1.807, 2.05) is 0 Å². The Balaban J connectivity index is 3.28. The third-order valence-corrected chi connectivity index (χ3v) is 4.49. The summed E-state index contributed by atoms with van der Waals surface area (Å²) in [5, 5.41) is 3.48. The first-order chi connectivity index (χ1) is 9.52. The Morgan fingerprint density at radius 3 is 1.45 bits per heavy atom. The van der Waals surface area contributed by atoms with Gasteiger partial charge in [-0.3, -0.25) is 0 Å². The largest absolute Gasteiger partial charge is 0.316 e. The molecule has 0 aliphatic rings. The topological polar surface area (TPSA) is 12.0 Å². The summed E-state index contributed by atoms with van der Waals surface area (Å²) in [4.78, 5) is 0. The van der Waals surface area contributed by atoms with Crippen molar-refractivity contribution in [1.29, 1.82) is 0 Å². The average molecular weight is 284 g/mol. The van der Waals surface area contributed by atoms with Crippen molar-refractivity contribution < 1.29 is 0 Å². The van der Waals surface area contributed by atoms with Gasteiger partial charge in [0.05, 0.1) is 0 Å². The van der Waals surface area contributed by atoms with Gasteiger partial charge in [-0.05, 0) is 18.9 Å². The predicted molar refractivity (Wildman–Crippen MR) is 93.4 cm³/mol. The third kappa shape index (κ3) is 11.8. The first kappa shape index (κ1) is 20.0. The Labute approximate surface area is 129 Å². The maximum Gasteiger partial charge on any atom is 0.0113 e. The van der Waals surface area contributed by atoms with Crippen LogP contribution in [0, 0.1) is 5.41 Å². The monoisotopic (exact) mass is 283 g/mol. The van der Waals surface area contributed by atoms with Crippen LogP contribution in [0.3, 0.4) is 0 Å². The summed E-state index contributed by atoms with van der Waals surface area (Å²) in [6.45, 7) is 9.31. The van der Waals surface area contributed by atoms with E-state index in [0.29, 0.717) is 11.5 Å². The molecule has 0 rings (SSSR count). The number of unbranched alkanes of at least 4 members (excludes halogenated alkanes) is 10. The summed E-state index contributed by atoms with van der Waals surface area (Å²) in [6.07, 6.45) is 17.1. The normalized spacial score (nSPS) is 13.7. The molecule has 0 fully saturated rings. The van der Waals surface area contributed by atoms with Crippen LogP contribution >= 0.6 is 0 Å². The van der Waals surface area contributed by atoms with E-state index >= 15 is 0 Å². The maximum atomic E-state index is 3.48. The van der Waals surface area contributed by atoms with Gasteiger partial charge in [-0.1, -0.05) is 98.3 Å². The number of hydrogen-bond acceptors (Lipinski definition) is 1. The van der Waals surface area contributed by atoms with E-state index in [1.54, 1.807) is 0 Å². The highest BCUT2D eigenvalue weighted by Gasteiger charge is 2.21. The van der Waals surface area contributed by atoms with Gasteiger partial charge in [0, 0.05) is 6.04 Å². The lowest BCUT2D eigenvalue weighted by Crippen LogP contribution is -2.37. The van der Waals surface area contributed by atoms with Crippen LogP contribution in [0.2, 0.25) is 0 Å². The number of rotatable bonds is 13. The molecule has 0 aliphatic heterocycles. The molecule has 0 amide bonds. The van der Waals surface area contributed by atoms with Crippen LogP contribution in [0.15, 0.2) is 0 Å². The van der Waals surface area contributed by atoms with E-state index in [1.165, 1.54) is 77.0 Å². The molecule has 0 saturated heterocycles. The van der Waals surface area contributed by atoms with Gasteiger partial charge in [-0.2, -0.15) is 0 Å². The molecule has 0 aromatic carbocycles. The van der Waals surface area contributed by atoms with Gasteiger partial charge in [0.2, 0.25) is 0 Å². The van der Waals surface area contributed by atoms with E-state index in [-0.39, 0.29) is 0 Å². The Bertz CT molecular complexity index is 192. The summed E-state index contributed by atoms with van der Waals surface area (Å²) in [5.74, 6) is 0. The fourth-order valence-corrected chi connectivity index (χ4v) is 3.02. The van der Waals surface area contributed by atoms with Gasteiger partial charge < -0.3 is 5.32 Å². The van der Waals surface area contributed by atoms with Crippen molar-refractivity contribution in [2.24, 2.45) is 5.41 Å². The first-order valence-corrected chi connectivity index (χ1v) is 9.19. The summed E-state index contributed by atoms with van der Waals surface area (Å²) in [5.41, 5.74) is 0.396. The zero-order chi connectivity index (χ0) is 15.3. The Kier molecular flexibility index (Phi) is 12.7. The van der Waals surface area contributed by atoms with E-state index in [2.05, 4.69) is 40.1 Å². The number of hydrogen-bond donors (Lipinski definition) is 1. The van der Waals surface area contributed by atoms with Crippen molar-refractivity contribution in [3.63, 3.8) is 0 Å². The molecular formula is C19H41N. The molecule has 1 nitrogen and oxygen atoms in total. The molecule has 0 heterocycles. The fraction of sp³-hybridized carbons (Fsp3) is 1.00. The quantitative estimate of drug-likeness (QED) is 0.390. The lowest BCUT2D eigenvalue weighted by Gasteiger charge is -2.30. The molecule has 0 aromatic heterocycles. The van der Waals surface area contributed by atoms with Gasteiger partial charge in [0.1, 0.15) is 0 Å². The molecule has 0 spiro atoms. The highest BCUT2D eigenvalue weighted by Crippen LogP contribution is 2.23. The van der Waals surface area contributed by atoms with Crippen LogP contribution in [-0.4, -0.2) is 13.1 Å². The summed E-state index contributed by atoms with van der Waals surface area (Å²) in [6, 6.07) is 0.668. The second-order valence-corrected chi connectivity index (χ2v) is 7.53. The molecular weight excluding hydrogens is 242 g/mol. The van der Waals surface area contributed by atoms with Gasteiger partial charge in [0.15, 0.2) is 0 Å². The highest BCUT2D eigenvalue weighted by atomic mass is 14.9. The molecule has 0 aromatic rings. The smallest absolute Gasteiger partial charge is 0.0113 e. The van der Waals surface area contributed by atoms with E-state index < -0.39 is 0 Å². The Hall–Kier alpha value is -0.0400. The third-order valence-electron chi connectivity index (χ3n) is 4.49. The summed E-state index contributed by atoms with van der Waals surface area (Å²) >= 11 is 0.